The van der Waals surface area contributed by atoms with Gasteiger partial charge in [0, 0.05) is 16.6 Å². The van der Waals surface area contributed by atoms with Gasteiger partial charge in [-0.15, -0.1) is 11.3 Å². The molecule has 0 aliphatic heterocycles. The highest BCUT2D eigenvalue weighted by Gasteiger charge is 2.21. The van der Waals surface area contributed by atoms with Crippen LogP contribution in [0.1, 0.15) is 13.0 Å². The fourth-order valence-electron chi connectivity index (χ4n) is 4.04. The molecule has 2 heterocycles. The number of anilines is 1. The minimum absolute atomic E-state index is 0.296. The highest BCUT2D eigenvalue weighted by Crippen LogP contribution is 2.36. The van der Waals surface area contributed by atoms with E-state index in [1.165, 1.54) is 22.2 Å². The number of carbonyl (C=O) groups excluding carboxylic acids is 1. The van der Waals surface area contributed by atoms with Crippen LogP contribution in [0, 0.1) is 0 Å². The third-order valence-electron chi connectivity index (χ3n) is 6.11. The standard InChI is InChI=1S/C29H25N3O5S/c1-18(27(33)31-20-10-12-22(13-11-20)37-21-7-5-4-6-8-21)32-17-30-28-26(29(32)34)23(16-38-28)19-9-14-24(35-2)25(15-19)36-3/h4-18H,1-3H3,(H,31,33). The number of para-hydroxylation sites is 1. The maximum Gasteiger partial charge on any atom is 0.263 e. The molecule has 38 heavy (non-hydrogen) atoms. The molecule has 1 unspecified atom stereocenters. The number of aromatic nitrogens is 2. The van der Waals surface area contributed by atoms with E-state index in [2.05, 4.69) is 10.3 Å². The smallest absolute Gasteiger partial charge is 0.263 e. The minimum Gasteiger partial charge on any atom is -0.493 e. The third-order valence-corrected chi connectivity index (χ3v) is 7.00. The summed E-state index contributed by atoms with van der Waals surface area (Å²) in [6.45, 7) is 1.67. The van der Waals surface area contributed by atoms with E-state index in [-0.39, 0.29) is 11.5 Å². The van der Waals surface area contributed by atoms with Crippen LogP contribution < -0.4 is 25.1 Å². The topological polar surface area (TPSA) is 91.7 Å². The summed E-state index contributed by atoms with van der Waals surface area (Å²) in [5, 5.41) is 5.20. The maximum absolute atomic E-state index is 13.6. The number of thiophene rings is 1. The van der Waals surface area contributed by atoms with E-state index in [0.29, 0.717) is 33.2 Å². The molecule has 1 amide bonds. The number of ether oxygens (including phenoxy) is 3. The Morgan fingerprint density at radius 3 is 2.37 bits per heavy atom. The largest absolute Gasteiger partial charge is 0.493 e. The first-order chi connectivity index (χ1) is 18.5. The molecule has 2 aromatic heterocycles. The number of benzene rings is 3. The van der Waals surface area contributed by atoms with Crippen molar-refractivity contribution in [2.45, 2.75) is 13.0 Å². The fourth-order valence-corrected chi connectivity index (χ4v) is 4.95. The first kappa shape index (κ1) is 25.0. The molecule has 3 aromatic carbocycles. The molecule has 5 aromatic rings. The summed E-state index contributed by atoms with van der Waals surface area (Å²) in [4.78, 5) is 31.7. The van der Waals surface area contributed by atoms with Gasteiger partial charge in [0.15, 0.2) is 11.5 Å². The first-order valence-corrected chi connectivity index (χ1v) is 12.7. The lowest BCUT2D eigenvalue weighted by atomic mass is 10.1. The van der Waals surface area contributed by atoms with Crippen molar-refractivity contribution in [1.29, 1.82) is 0 Å². The minimum atomic E-state index is -0.794. The Balaban J connectivity index is 1.38. The highest BCUT2D eigenvalue weighted by molar-refractivity contribution is 7.17. The quantitative estimate of drug-likeness (QED) is 0.261. The zero-order valence-corrected chi connectivity index (χ0v) is 21.8. The molecule has 5 rings (SSSR count). The molecule has 8 nitrogen and oxygen atoms in total. The fraction of sp³-hybridized carbons (Fsp3) is 0.138. The number of rotatable bonds is 8. The van der Waals surface area contributed by atoms with Crippen LogP contribution in [-0.2, 0) is 4.79 Å². The van der Waals surface area contributed by atoms with Gasteiger partial charge >= 0.3 is 0 Å². The molecule has 0 spiro atoms. The zero-order chi connectivity index (χ0) is 26.6. The van der Waals surface area contributed by atoms with Crippen molar-refractivity contribution in [3.05, 3.63) is 94.9 Å². The number of nitrogens with zero attached hydrogens (tertiary/aromatic N) is 2. The Labute approximate surface area is 223 Å². The Kier molecular flexibility index (Phi) is 7.10. The van der Waals surface area contributed by atoms with Crippen LogP contribution in [-0.4, -0.2) is 29.7 Å². The Hall–Kier alpha value is -4.63. The summed E-state index contributed by atoms with van der Waals surface area (Å²) in [6, 6.07) is 21.2. The number of nitrogens with one attached hydrogen (secondary N) is 1. The summed E-state index contributed by atoms with van der Waals surface area (Å²) in [7, 11) is 3.13. The van der Waals surface area contributed by atoms with Gasteiger partial charge in [-0.05, 0) is 61.0 Å². The van der Waals surface area contributed by atoms with Crippen LogP contribution in [0.25, 0.3) is 21.3 Å². The zero-order valence-electron chi connectivity index (χ0n) is 21.0. The average Bonchev–Trinajstić information content (AvgIpc) is 3.39. The van der Waals surface area contributed by atoms with Gasteiger partial charge in [-0.25, -0.2) is 4.98 Å². The van der Waals surface area contributed by atoms with Gasteiger partial charge in [-0.1, -0.05) is 24.3 Å². The van der Waals surface area contributed by atoms with E-state index in [4.69, 9.17) is 14.2 Å². The summed E-state index contributed by atoms with van der Waals surface area (Å²) >= 11 is 1.37. The summed E-state index contributed by atoms with van der Waals surface area (Å²) < 4.78 is 17.9. The Bertz CT molecular complexity index is 1650. The molecule has 192 valence electrons. The van der Waals surface area contributed by atoms with E-state index >= 15 is 0 Å². The molecule has 0 fully saturated rings. The summed E-state index contributed by atoms with van der Waals surface area (Å²) in [6.07, 6.45) is 1.42. The van der Waals surface area contributed by atoms with Gasteiger partial charge in [0.1, 0.15) is 22.4 Å². The number of amides is 1. The van der Waals surface area contributed by atoms with Gasteiger partial charge in [-0.2, -0.15) is 0 Å². The van der Waals surface area contributed by atoms with E-state index in [1.54, 1.807) is 51.5 Å². The van der Waals surface area contributed by atoms with Crippen molar-refractivity contribution in [2.75, 3.05) is 19.5 Å². The van der Waals surface area contributed by atoms with Crippen molar-refractivity contribution in [1.82, 2.24) is 9.55 Å². The van der Waals surface area contributed by atoms with Crippen molar-refractivity contribution >= 4 is 33.1 Å². The predicted octanol–water partition coefficient (Wildman–Crippen LogP) is 6.13. The van der Waals surface area contributed by atoms with Crippen LogP contribution in [0.2, 0.25) is 0 Å². The van der Waals surface area contributed by atoms with E-state index < -0.39 is 6.04 Å². The van der Waals surface area contributed by atoms with E-state index in [9.17, 15) is 9.59 Å². The lowest BCUT2D eigenvalue weighted by Crippen LogP contribution is -2.31. The number of hydrogen-bond donors (Lipinski definition) is 1. The number of fused-ring (bicyclic) bond motifs is 1. The van der Waals surface area contributed by atoms with Gasteiger partial charge in [0.05, 0.1) is 25.9 Å². The monoisotopic (exact) mass is 527 g/mol. The summed E-state index contributed by atoms with van der Waals surface area (Å²) in [5.41, 5.74) is 1.81. The normalized spacial score (nSPS) is 11.7. The van der Waals surface area contributed by atoms with Gasteiger partial charge in [-0.3, -0.25) is 14.2 Å². The lowest BCUT2D eigenvalue weighted by Gasteiger charge is -2.15. The molecule has 0 radical (unpaired) electrons. The van der Waals surface area contributed by atoms with E-state index in [1.807, 2.05) is 47.8 Å². The van der Waals surface area contributed by atoms with Crippen molar-refractivity contribution in [2.24, 2.45) is 0 Å². The van der Waals surface area contributed by atoms with Crippen LogP contribution in [0.15, 0.2) is 89.3 Å². The molecule has 0 saturated heterocycles. The van der Waals surface area contributed by atoms with Crippen LogP contribution >= 0.6 is 11.3 Å². The molecular formula is C29H25N3O5S. The molecule has 0 aliphatic carbocycles. The van der Waals surface area contributed by atoms with Crippen LogP contribution in [0.4, 0.5) is 5.69 Å². The maximum atomic E-state index is 13.6. The van der Waals surface area contributed by atoms with Gasteiger partial charge in [0.25, 0.3) is 5.56 Å². The lowest BCUT2D eigenvalue weighted by molar-refractivity contribution is -0.118. The molecule has 0 bridgehead atoms. The van der Waals surface area contributed by atoms with Crippen LogP contribution in [0.5, 0.6) is 23.0 Å². The van der Waals surface area contributed by atoms with Crippen molar-refractivity contribution in [3.63, 3.8) is 0 Å². The van der Waals surface area contributed by atoms with E-state index in [0.717, 1.165) is 16.9 Å². The SMILES string of the molecule is COc1ccc(-c2csc3ncn(C(C)C(=O)Nc4ccc(Oc5ccccc5)cc4)c(=O)c23)cc1OC. The Morgan fingerprint density at radius 2 is 1.66 bits per heavy atom. The first-order valence-electron chi connectivity index (χ1n) is 11.8. The summed E-state index contributed by atoms with van der Waals surface area (Å²) in [5.74, 6) is 2.18. The van der Waals surface area contributed by atoms with Gasteiger partial charge < -0.3 is 19.5 Å². The van der Waals surface area contributed by atoms with Gasteiger partial charge in [0.2, 0.25) is 5.91 Å². The molecular weight excluding hydrogens is 502 g/mol. The molecule has 0 saturated carbocycles. The second kappa shape index (κ2) is 10.8. The number of methoxy groups -OCH3 is 2. The van der Waals surface area contributed by atoms with Crippen molar-refractivity contribution in [3.8, 4) is 34.1 Å². The second-order valence-electron chi connectivity index (χ2n) is 8.46. The molecule has 1 N–H and O–H groups in total. The second-order valence-corrected chi connectivity index (χ2v) is 9.32. The third kappa shape index (κ3) is 4.96. The molecule has 0 aliphatic rings. The number of hydrogen-bond acceptors (Lipinski definition) is 7. The Morgan fingerprint density at radius 1 is 0.947 bits per heavy atom. The average molecular weight is 528 g/mol. The molecule has 9 heteroatoms. The molecule has 1 atom stereocenters. The predicted molar refractivity (Wildman–Crippen MR) is 149 cm³/mol. The van der Waals surface area contributed by atoms with Crippen LogP contribution in [0.3, 0.4) is 0 Å². The highest BCUT2D eigenvalue weighted by atomic mass is 32.1. The number of carbonyl (C=O) groups is 1. The van der Waals surface area contributed by atoms with Crippen molar-refractivity contribution < 1.29 is 19.0 Å².